The Morgan fingerprint density at radius 1 is 0.737 bits per heavy atom. The summed E-state index contributed by atoms with van der Waals surface area (Å²) in [7, 11) is 0. The lowest BCUT2D eigenvalue weighted by molar-refractivity contribution is -0.165. The molecule has 5 rings (SSSR count). The van der Waals surface area contributed by atoms with Gasteiger partial charge in [-0.3, -0.25) is 30.0 Å². The van der Waals surface area contributed by atoms with Crippen LogP contribution in [0.5, 0.6) is 0 Å². The van der Waals surface area contributed by atoms with Gasteiger partial charge in [0.15, 0.2) is 0 Å². The quantitative estimate of drug-likeness (QED) is 0.0705. The summed E-state index contributed by atoms with van der Waals surface area (Å²) < 4.78 is 21.6. The highest BCUT2D eigenvalue weighted by Crippen LogP contribution is 2.39. The fourth-order valence-electron chi connectivity index (χ4n) is 6.70. The van der Waals surface area contributed by atoms with Gasteiger partial charge in [-0.05, 0) is 69.1 Å². The molecule has 0 aromatic heterocycles. The minimum atomic E-state index is -0.957. The van der Waals surface area contributed by atoms with Gasteiger partial charge in [-0.2, -0.15) is 0 Å². The molecule has 0 unspecified atom stereocenters. The predicted octanol–water partition coefficient (Wildman–Crippen LogP) is 4.92. The lowest BCUT2D eigenvalue weighted by Crippen LogP contribution is -2.58. The number of guanidine groups is 1. The average Bonchev–Trinajstić information content (AvgIpc) is 3.56. The molecule has 0 spiro atoms. The second kappa shape index (κ2) is 20.1. The van der Waals surface area contributed by atoms with Crippen LogP contribution in [0.25, 0.3) is 0 Å². The molecule has 57 heavy (non-hydrogen) atoms. The number of piperidine rings is 1. The summed E-state index contributed by atoms with van der Waals surface area (Å²) in [6.45, 7) is 5.27. The molecular weight excluding hydrogens is 734 g/mol. The van der Waals surface area contributed by atoms with E-state index in [9.17, 15) is 28.8 Å². The zero-order valence-electron chi connectivity index (χ0n) is 32.3. The number of hydrogen-bond acceptors (Lipinski definition) is 11. The normalized spacial score (nSPS) is 18.6. The van der Waals surface area contributed by atoms with E-state index in [0.717, 1.165) is 16.7 Å². The monoisotopic (exact) mass is 783 g/mol. The van der Waals surface area contributed by atoms with Crippen LogP contribution in [0, 0.1) is 5.92 Å². The van der Waals surface area contributed by atoms with E-state index >= 15 is 0 Å². The van der Waals surface area contributed by atoms with Crippen LogP contribution in [0.2, 0.25) is 0 Å². The molecule has 4 amide bonds. The fourth-order valence-corrected chi connectivity index (χ4v) is 6.70. The lowest BCUT2D eigenvalue weighted by atomic mass is 9.89. The Balaban J connectivity index is 1.23. The average molecular weight is 784 g/mol. The number of carbonyl (C=O) groups is 6. The molecule has 2 aliphatic rings. The number of aliphatic imine (C=N–C) groups is 1. The number of fused-ring (bicyclic) bond motifs is 1. The number of ether oxygens (including phenoxy) is 4. The molecule has 2 aliphatic heterocycles. The molecule has 0 bridgehead atoms. The summed E-state index contributed by atoms with van der Waals surface area (Å²) in [6.07, 6.45) is -0.920. The highest BCUT2D eigenvalue weighted by Gasteiger charge is 2.51. The third kappa shape index (κ3) is 13.2. The summed E-state index contributed by atoms with van der Waals surface area (Å²) in [5, 5.41) is 7.61. The molecule has 0 radical (unpaired) electrons. The molecule has 15 heteroatoms. The van der Waals surface area contributed by atoms with Gasteiger partial charge in [0, 0.05) is 12.6 Å². The van der Waals surface area contributed by atoms with Crippen molar-refractivity contribution >= 4 is 41.9 Å². The van der Waals surface area contributed by atoms with Gasteiger partial charge in [-0.1, -0.05) is 91.0 Å². The molecule has 302 valence electrons. The van der Waals surface area contributed by atoms with Gasteiger partial charge in [0.05, 0.1) is 0 Å². The highest BCUT2D eigenvalue weighted by molar-refractivity contribution is 6.01. The number of carbonyl (C=O) groups excluding carboxylic acids is 6. The third-order valence-corrected chi connectivity index (χ3v) is 9.26. The Morgan fingerprint density at radius 3 is 1.75 bits per heavy atom. The molecule has 15 nitrogen and oxygen atoms in total. The van der Waals surface area contributed by atoms with E-state index in [4.69, 9.17) is 18.9 Å². The van der Waals surface area contributed by atoms with Crippen LogP contribution in [0.1, 0.15) is 69.6 Å². The van der Waals surface area contributed by atoms with E-state index in [1.807, 2.05) is 54.6 Å². The smallest absolute Gasteiger partial charge is 0.414 e. The van der Waals surface area contributed by atoms with Crippen LogP contribution in [0.15, 0.2) is 96.0 Å². The zero-order valence-corrected chi connectivity index (χ0v) is 32.3. The van der Waals surface area contributed by atoms with E-state index < -0.39 is 60.0 Å². The molecule has 0 saturated carbocycles. The number of alkyl carbamates (subject to hydrolysis) is 2. The van der Waals surface area contributed by atoms with Crippen LogP contribution >= 0.6 is 0 Å². The molecule has 2 fully saturated rings. The first-order valence-corrected chi connectivity index (χ1v) is 18.9. The van der Waals surface area contributed by atoms with E-state index in [1.54, 1.807) is 57.2 Å². The second-order valence-corrected chi connectivity index (χ2v) is 14.8. The summed E-state index contributed by atoms with van der Waals surface area (Å²) in [4.78, 5) is 84.2. The highest BCUT2D eigenvalue weighted by atomic mass is 16.6. The zero-order chi connectivity index (χ0) is 40.8. The Bertz CT molecular complexity index is 1830. The maximum atomic E-state index is 14.0. The van der Waals surface area contributed by atoms with Crippen molar-refractivity contribution in [3.8, 4) is 0 Å². The van der Waals surface area contributed by atoms with Crippen molar-refractivity contribution < 1.29 is 47.7 Å². The molecule has 3 N–H and O–H groups in total. The van der Waals surface area contributed by atoms with Crippen LogP contribution in [-0.4, -0.2) is 77.1 Å². The van der Waals surface area contributed by atoms with Crippen LogP contribution in [0.3, 0.4) is 0 Å². The standard InChI is InChI=1S/C42H49N5O10/c1-42(2,3)57-38(51)34-23-31(33-20-19-32(37(50)47(33)34)44-35(48)24-36(49)54-25-28-13-7-4-8-14-28)21-22-43-39(45-40(52)55-26-29-15-9-5-10-16-29)46-41(53)56-27-30-17-11-6-12-18-30/h4-18,31-34H,19-27H2,1-3H3,(H,44,48)(H2,43,45,46,52,53)/t31-,32+,33+,34-/m0/s1. The Kier molecular flexibility index (Phi) is 14.8. The molecule has 0 aliphatic carbocycles. The summed E-state index contributed by atoms with van der Waals surface area (Å²) in [5.41, 5.74) is 1.47. The number of hydrogen-bond donors (Lipinski definition) is 3. The summed E-state index contributed by atoms with van der Waals surface area (Å²) in [5.74, 6) is -2.85. The van der Waals surface area contributed by atoms with Crippen molar-refractivity contribution in [2.45, 2.75) is 96.4 Å². The van der Waals surface area contributed by atoms with Gasteiger partial charge in [-0.25, -0.2) is 14.4 Å². The Hall–Kier alpha value is -6.25. The van der Waals surface area contributed by atoms with Gasteiger partial charge in [0.2, 0.25) is 17.8 Å². The molecule has 4 atom stereocenters. The van der Waals surface area contributed by atoms with E-state index in [0.29, 0.717) is 12.8 Å². The van der Waals surface area contributed by atoms with Crippen LogP contribution < -0.4 is 16.0 Å². The minimum absolute atomic E-state index is 0.0120. The van der Waals surface area contributed by atoms with Crippen molar-refractivity contribution in [3.63, 3.8) is 0 Å². The van der Waals surface area contributed by atoms with Gasteiger partial charge in [-0.15, -0.1) is 0 Å². The molecule has 2 heterocycles. The topological polar surface area (TPSA) is 191 Å². The maximum Gasteiger partial charge on any atom is 0.414 e. The van der Waals surface area contributed by atoms with Gasteiger partial charge in [0.25, 0.3) is 0 Å². The van der Waals surface area contributed by atoms with Crippen molar-refractivity contribution in [2.24, 2.45) is 10.9 Å². The third-order valence-electron chi connectivity index (χ3n) is 9.26. The van der Waals surface area contributed by atoms with Crippen LogP contribution in [0.4, 0.5) is 9.59 Å². The van der Waals surface area contributed by atoms with Gasteiger partial charge in [0.1, 0.15) is 43.9 Å². The number of esters is 2. The van der Waals surface area contributed by atoms with E-state index in [2.05, 4.69) is 20.9 Å². The van der Waals surface area contributed by atoms with E-state index in [1.165, 1.54) is 4.90 Å². The molecular formula is C42H49N5O10. The Morgan fingerprint density at radius 2 is 1.25 bits per heavy atom. The largest absolute Gasteiger partial charge is 0.460 e. The van der Waals surface area contributed by atoms with Crippen molar-refractivity contribution in [1.82, 2.24) is 20.9 Å². The number of rotatable bonds is 13. The first-order chi connectivity index (χ1) is 27.3. The molecule has 3 aromatic rings. The first kappa shape index (κ1) is 41.9. The number of benzene rings is 3. The van der Waals surface area contributed by atoms with Crippen molar-refractivity contribution in [1.29, 1.82) is 0 Å². The summed E-state index contributed by atoms with van der Waals surface area (Å²) in [6, 6.07) is 24.9. The SMILES string of the molecule is CC(C)(C)OC(=O)[C@@H]1C[C@H](CCN=C(NC(=O)OCc2ccccc2)NC(=O)OCc2ccccc2)[C@H]2CC[C@@H](NC(=O)CC(=O)OCc3ccccc3)C(=O)N21. The first-order valence-electron chi connectivity index (χ1n) is 18.9. The maximum absolute atomic E-state index is 14.0. The van der Waals surface area contributed by atoms with Crippen LogP contribution in [-0.2, 0) is 57.9 Å². The van der Waals surface area contributed by atoms with Crippen molar-refractivity contribution in [3.05, 3.63) is 108 Å². The van der Waals surface area contributed by atoms with Gasteiger partial charge >= 0.3 is 24.1 Å². The van der Waals surface area contributed by atoms with E-state index in [-0.39, 0.29) is 57.1 Å². The predicted molar refractivity (Wildman–Crippen MR) is 207 cm³/mol. The van der Waals surface area contributed by atoms with Gasteiger partial charge < -0.3 is 29.2 Å². The molecule has 2 saturated heterocycles. The molecule has 3 aromatic carbocycles. The number of amides is 4. The number of nitrogens with one attached hydrogen (secondary N) is 3. The second-order valence-electron chi connectivity index (χ2n) is 14.8. The number of nitrogens with zero attached hydrogens (tertiary/aromatic N) is 2. The summed E-state index contributed by atoms with van der Waals surface area (Å²) >= 11 is 0. The minimum Gasteiger partial charge on any atom is -0.460 e. The Labute approximate surface area is 331 Å². The fraction of sp³-hybridized carbons (Fsp3) is 0.405. The lowest BCUT2D eigenvalue weighted by Gasteiger charge is -2.39. The van der Waals surface area contributed by atoms with Crippen molar-refractivity contribution in [2.75, 3.05) is 6.54 Å².